The molecule has 3 nitrogen and oxygen atoms in total. The molecule has 1 aliphatic heterocycles. The molecule has 19 heavy (non-hydrogen) atoms. The Balaban J connectivity index is 2.19. The molecule has 0 aromatic heterocycles. The predicted molar refractivity (Wildman–Crippen MR) is 79.9 cm³/mol. The maximum atomic E-state index is 10.1. The van der Waals surface area contributed by atoms with Gasteiger partial charge in [-0.1, -0.05) is 24.3 Å². The number of rotatable bonds is 4. The first kappa shape index (κ1) is 14.3. The van der Waals surface area contributed by atoms with Crippen LogP contribution in [0.15, 0.2) is 24.3 Å². The zero-order valence-electron chi connectivity index (χ0n) is 12.0. The Morgan fingerprint density at radius 3 is 2.68 bits per heavy atom. The smallest absolute Gasteiger partial charge is 0.131 e. The van der Waals surface area contributed by atoms with E-state index in [9.17, 15) is 5.11 Å². The van der Waals surface area contributed by atoms with Crippen molar-refractivity contribution >= 4 is 5.57 Å². The maximum Gasteiger partial charge on any atom is 0.131 e. The third-order valence-corrected chi connectivity index (χ3v) is 3.47. The molecule has 2 rings (SSSR count). The SMILES string of the molecule is Cc1cc(C(O)NC(C)C)ccc1C1=CCNCC1. The lowest BCUT2D eigenvalue weighted by Crippen LogP contribution is -2.27. The summed E-state index contributed by atoms with van der Waals surface area (Å²) in [6.45, 7) is 8.18. The van der Waals surface area contributed by atoms with Crippen LogP contribution in [0.2, 0.25) is 0 Å². The van der Waals surface area contributed by atoms with E-state index in [1.54, 1.807) is 0 Å². The third-order valence-electron chi connectivity index (χ3n) is 3.47. The summed E-state index contributed by atoms with van der Waals surface area (Å²) in [6, 6.07) is 6.50. The second kappa shape index (κ2) is 6.33. The number of aliphatic hydroxyl groups excluding tert-OH is 1. The molecule has 0 saturated carbocycles. The summed E-state index contributed by atoms with van der Waals surface area (Å²) in [7, 11) is 0. The number of aliphatic hydroxyl groups is 1. The fourth-order valence-electron chi connectivity index (χ4n) is 2.50. The number of hydrogen-bond donors (Lipinski definition) is 3. The van der Waals surface area contributed by atoms with Crippen LogP contribution in [0, 0.1) is 6.92 Å². The fourth-order valence-corrected chi connectivity index (χ4v) is 2.50. The van der Waals surface area contributed by atoms with Crippen molar-refractivity contribution in [1.82, 2.24) is 10.6 Å². The summed E-state index contributed by atoms with van der Waals surface area (Å²) in [4.78, 5) is 0. The van der Waals surface area contributed by atoms with E-state index in [2.05, 4.69) is 35.8 Å². The van der Waals surface area contributed by atoms with Crippen LogP contribution in [0.4, 0.5) is 0 Å². The Bertz CT molecular complexity index is 466. The molecule has 1 atom stereocenters. The van der Waals surface area contributed by atoms with Gasteiger partial charge in [0.1, 0.15) is 6.23 Å². The third kappa shape index (κ3) is 3.66. The standard InChI is InChI=1S/C16H24N2O/c1-11(2)18-16(19)14-4-5-15(12(3)10-14)13-6-8-17-9-7-13/h4-6,10-11,16-19H,7-9H2,1-3H3. The molecule has 0 amide bonds. The summed E-state index contributed by atoms with van der Waals surface area (Å²) in [6.07, 6.45) is 2.75. The number of benzene rings is 1. The van der Waals surface area contributed by atoms with Crippen LogP contribution in [-0.2, 0) is 0 Å². The molecular formula is C16H24N2O. The Morgan fingerprint density at radius 2 is 2.11 bits per heavy atom. The van der Waals surface area contributed by atoms with Crippen LogP contribution >= 0.6 is 0 Å². The fraction of sp³-hybridized carbons (Fsp3) is 0.500. The van der Waals surface area contributed by atoms with Gasteiger partial charge in [-0.25, -0.2) is 0 Å². The minimum atomic E-state index is -0.588. The highest BCUT2D eigenvalue weighted by atomic mass is 16.3. The van der Waals surface area contributed by atoms with E-state index in [4.69, 9.17) is 0 Å². The van der Waals surface area contributed by atoms with E-state index in [0.29, 0.717) is 0 Å². The van der Waals surface area contributed by atoms with Crippen molar-refractivity contribution < 1.29 is 5.11 Å². The van der Waals surface area contributed by atoms with Crippen LogP contribution in [0.25, 0.3) is 5.57 Å². The summed E-state index contributed by atoms with van der Waals surface area (Å²) >= 11 is 0. The topological polar surface area (TPSA) is 44.3 Å². The van der Waals surface area contributed by atoms with Crippen molar-refractivity contribution in [1.29, 1.82) is 0 Å². The summed E-state index contributed by atoms with van der Waals surface area (Å²) < 4.78 is 0. The lowest BCUT2D eigenvalue weighted by atomic mass is 9.94. The molecule has 0 spiro atoms. The van der Waals surface area contributed by atoms with Crippen molar-refractivity contribution in [2.45, 2.75) is 39.5 Å². The zero-order valence-corrected chi connectivity index (χ0v) is 12.0. The summed E-state index contributed by atoms with van der Waals surface area (Å²) in [5.74, 6) is 0. The summed E-state index contributed by atoms with van der Waals surface area (Å²) in [5.41, 5.74) is 4.89. The van der Waals surface area contributed by atoms with Crippen LogP contribution in [0.5, 0.6) is 0 Å². The molecule has 104 valence electrons. The van der Waals surface area contributed by atoms with Gasteiger partial charge in [-0.2, -0.15) is 0 Å². The molecule has 0 saturated heterocycles. The molecule has 1 aromatic carbocycles. The molecule has 1 unspecified atom stereocenters. The van der Waals surface area contributed by atoms with E-state index in [-0.39, 0.29) is 6.04 Å². The number of nitrogens with one attached hydrogen (secondary N) is 2. The highest BCUT2D eigenvalue weighted by Gasteiger charge is 2.12. The average Bonchev–Trinajstić information content (AvgIpc) is 2.38. The Labute approximate surface area is 115 Å². The molecule has 0 aliphatic carbocycles. The molecule has 0 bridgehead atoms. The van der Waals surface area contributed by atoms with Gasteiger partial charge in [0.05, 0.1) is 0 Å². The van der Waals surface area contributed by atoms with Gasteiger partial charge >= 0.3 is 0 Å². The van der Waals surface area contributed by atoms with Crippen molar-refractivity contribution in [2.24, 2.45) is 0 Å². The van der Waals surface area contributed by atoms with Crippen molar-refractivity contribution in [2.75, 3.05) is 13.1 Å². The number of hydrogen-bond acceptors (Lipinski definition) is 3. The first-order valence-electron chi connectivity index (χ1n) is 7.02. The van der Waals surface area contributed by atoms with Crippen LogP contribution in [0.3, 0.4) is 0 Å². The highest BCUT2D eigenvalue weighted by Crippen LogP contribution is 2.25. The molecule has 0 radical (unpaired) electrons. The monoisotopic (exact) mass is 260 g/mol. The first-order valence-corrected chi connectivity index (χ1v) is 7.02. The largest absolute Gasteiger partial charge is 0.374 e. The maximum absolute atomic E-state index is 10.1. The quantitative estimate of drug-likeness (QED) is 0.728. The lowest BCUT2D eigenvalue weighted by Gasteiger charge is -2.20. The second-order valence-electron chi connectivity index (χ2n) is 5.48. The van der Waals surface area contributed by atoms with Gasteiger partial charge in [0, 0.05) is 12.6 Å². The van der Waals surface area contributed by atoms with Gasteiger partial charge < -0.3 is 10.4 Å². The Kier molecular flexibility index (Phi) is 4.75. The molecular weight excluding hydrogens is 236 g/mol. The number of aryl methyl sites for hydroxylation is 1. The lowest BCUT2D eigenvalue weighted by molar-refractivity contribution is 0.129. The van der Waals surface area contributed by atoms with Gasteiger partial charge in [0.25, 0.3) is 0 Å². The van der Waals surface area contributed by atoms with E-state index >= 15 is 0 Å². The van der Waals surface area contributed by atoms with E-state index in [1.165, 1.54) is 16.7 Å². The van der Waals surface area contributed by atoms with Crippen LogP contribution < -0.4 is 10.6 Å². The zero-order chi connectivity index (χ0) is 13.8. The minimum Gasteiger partial charge on any atom is -0.374 e. The van der Waals surface area contributed by atoms with E-state index in [1.807, 2.05) is 19.9 Å². The van der Waals surface area contributed by atoms with Crippen LogP contribution in [-0.4, -0.2) is 24.2 Å². The van der Waals surface area contributed by atoms with Crippen molar-refractivity contribution in [3.63, 3.8) is 0 Å². The molecule has 1 aromatic rings. The van der Waals surface area contributed by atoms with Crippen molar-refractivity contribution in [3.05, 3.63) is 41.0 Å². The predicted octanol–water partition coefficient (Wildman–Crippen LogP) is 2.36. The first-order chi connectivity index (χ1) is 9.08. The Hall–Kier alpha value is -1.16. The molecule has 1 aliphatic rings. The van der Waals surface area contributed by atoms with Gasteiger partial charge in [-0.3, -0.25) is 5.32 Å². The highest BCUT2D eigenvalue weighted by molar-refractivity contribution is 5.69. The van der Waals surface area contributed by atoms with E-state index in [0.717, 1.165) is 25.1 Å². The Morgan fingerprint density at radius 1 is 1.32 bits per heavy atom. The normalized spacial score (nSPS) is 17.4. The van der Waals surface area contributed by atoms with Gasteiger partial charge in [0.2, 0.25) is 0 Å². The minimum absolute atomic E-state index is 0.266. The van der Waals surface area contributed by atoms with Gasteiger partial charge in [-0.05, 0) is 56.0 Å². The molecule has 0 fully saturated rings. The average molecular weight is 260 g/mol. The van der Waals surface area contributed by atoms with Gasteiger partial charge in [0.15, 0.2) is 0 Å². The second-order valence-corrected chi connectivity index (χ2v) is 5.48. The molecule has 3 N–H and O–H groups in total. The van der Waals surface area contributed by atoms with E-state index < -0.39 is 6.23 Å². The van der Waals surface area contributed by atoms with Crippen molar-refractivity contribution in [3.8, 4) is 0 Å². The van der Waals surface area contributed by atoms with Gasteiger partial charge in [-0.15, -0.1) is 0 Å². The van der Waals surface area contributed by atoms with Crippen LogP contribution in [0.1, 0.15) is 43.2 Å². The summed E-state index contributed by atoms with van der Waals surface area (Å²) in [5, 5.41) is 16.5. The molecule has 3 heteroatoms. The molecule has 1 heterocycles.